The molecule has 0 bridgehead atoms. The number of hydrogen-bond donors (Lipinski definition) is 2. The Morgan fingerprint density at radius 3 is 2.86 bits per heavy atom. The third kappa shape index (κ3) is 3.31. The molecule has 8 heteroatoms. The first-order valence-electron chi connectivity index (χ1n) is 8.82. The van der Waals surface area contributed by atoms with Gasteiger partial charge < -0.3 is 10.1 Å². The quantitative estimate of drug-likeness (QED) is 0.719. The summed E-state index contributed by atoms with van der Waals surface area (Å²) < 4.78 is 6.53. The molecule has 1 saturated heterocycles. The molecule has 1 aromatic carbocycles. The average molecular weight is 375 g/mol. The van der Waals surface area contributed by atoms with Crippen LogP contribution >= 0.6 is 0 Å². The lowest BCUT2D eigenvalue weighted by atomic mass is 10.1. The molecular weight excluding hydrogens is 358 g/mol. The lowest BCUT2D eigenvalue weighted by Gasteiger charge is -2.12. The van der Waals surface area contributed by atoms with Gasteiger partial charge in [-0.15, -0.1) is 0 Å². The molecule has 1 aliphatic heterocycles. The lowest BCUT2D eigenvalue weighted by Crippen LogP contribution is -2.36. The summed E-state index contributed by atoms with van der Waals surface area (Å²) in [6.07, 6.45) is 3.84. The van der Waals surface area contributed by atoms with Crippen LogP contribution in [0.3, 0.4) is 0 Å². The second-order valence-corrected chi connectivity index (χ2v) is 6.43. The van der Waals surface area contributed by atoms with E-state index in [-0.39, 0.29) is 23.3 Å². The molecule has 28 heavy (non-hydrogen) atoms. The van der Waals surface area contributed by atoms with E-state index >= 15 is 0 Å². The highest BCUT2D eigenvalue weighted by atomic mass is 16.5. The molecule has 1 aliphatic rings. The molecule has 1 amide bonds. The van der Waals surface area contributed by atoms with Gasteiger partial charge in [-0.25, -0.2) is 9.67 Å². The highest BCUT2D eigenvalue weighted by molar-refractivity contribution is 5.97. The van der Waals surface area contributed by atoms with Crippen molar-refractivity contribution in [2.75, 3.05) is 13.2 Å². The molecule has 4 rings (SSSR count). The number of pyridine rings is 1. The third-order valence-corrected chi connectivity index (χ3v) is 4.60. The van der Waals surface area contributed by atoms with Gasteiger partial charge in [-0.2, -0.15) is 5.26 Å². The largest absolute Gasteiger partial charge is 0.379 e. The molecule has 0 spiro atoms. The summed E-state index contributed by atoms with van der Waals surface area (Å²) in [5, 5.41) is 14.7. The highest BCUT2D eigenvalue weighted by Crippen LogP contribution is 2.17. The van der Waals surface area contributed by atoms with Gasteiger partial charge in [-0.1, -0.05) is 12.1 Å². The number of ether oxygens (including phenoxy) is 1. The lowest BCUT2D eigenvalue weighted by molar-refractivity contribution is 0.0929. The second-order valence-electron chi connectivity index (χ2n) is 6.43. The molecule has 2 aromatic heterocycles. The molecule has 8 nitrogen and oxygen atoms in total. The van der Waals surface area contributed by atoms with Gasteiger partial charge >= 0.3 is 0 Å². The Kier molecular flexibility index (Phi) is 4.74. The highest BCUT2D eigenvalue weighted by Gasteiger charge is 2.22. The average Bonchev–Trinajstić information content (AvgIpc) is 3.37. The number of nitrogens with one attached hydrogen (secondary N) is 2. The Morgan fingerprint density at radius 2 is 2.14 bits per heavy atom. The first-order chi connectivity index (χ1) is 13.7. The zero-order valence-corrected chi connectivity index (χ0v) is 14.9. The van der Waals surface area contributed by atoms with Crippen molar-refractivity contribution in [2.24, 2.45) is 0 Å². The summed E-state index contributed by atoms with van der Waals surface area (Å²) in [5.74, 6) is -0.0798. The van der Waals surface area contributed by atoms with Crippen LogP contribution < -0.4 is 10.9 Å². The van der Waals surface area contributed by atoms with E-state index in [2.05, 4.69) is 15.4 Å². The van der Waals surface area contributed by atoms with Crippen LogP contribution in [0, 0.1) is 11.3 Å². The van der Waals surface area contributed by atoms with Crippen molar-refractivity contribution in [2.45, 2.75) is 12.5 Å². The van der Waals surface area contributed by atoms with E-state index in [4.69, 9.17) is 10.00 Å². The topological polar surface area (TPSA) is 113 Å². The van der Waals surface area contributed by atoms with Gasteiger partial charge in [0.15, 0.2) is 5.82 Å². The van der Waals surface area contributed by atoms with Gasteiger partial charge in [-0.3, -0.25) is 14.7 Å². The number of benzene rings is 1. The zero-order valence-electron chi connectivity index (χ0n) is 14.9. The van der Waals surface area contributed by atoms with Crippen molar-refractivity contribution in [3.8, 4) is 23.0 Å². The predicted molar refractivity (Wildman–Crippen MR) is 101 cm³/mol. The van der Waals surface area contributed by atoms with E-state index < -0.39 is 0 Å². The Balaban J connectivity index is 1.68. The summed E-state index contributed by atoms with van der Waals surface area (Å²) in [7, 11) is 0. The molecular formula is C20H17N5O3. The van der Waals surface area contributed by atoms with Crippen LogP contribution in [0.4, 0.5) is 0 Å². The smallest absolute Gasteiger partial charge is 0.280 e. The summed E-state index contributed by atoms with van der Waals surface area (Å²) in [6.45, 7) is 1.10. The van der Waals surface area contributed by atoms with E-state index in [9.17, 15) is 9.59 Å². The predicted octanol–water partition coefficient (Wildman–Crippen LogP) is 1.62. The standard InChI is InChI=1S/C20H17N5O3/c21-10-13-3-5-14(6-4-13)17-11-23-25(20(17)27)18-16(2-1-8-22-18)19(26)24-15-7-9-28-12-15/h1-6,8,11,15,23H,7,9,12H2,(H,24,26)/t15-/m0/s1. The van der Waals surface area contributed by atoms with E-state index in [1.807, 2.05) is 6.07 Å². The molecule has 1 atom stereocenters. The Morgan fingerprint density at radius 1 is 1.32 bits per heavy atom. The normalized spacial score (nSPS) is 15.9. The Hall–Kier alpha value is -3.70. The maximum atomic E-state index is 12.9. The minimum absolute atomic E-state index is 0.0462. The van der Waals surface area contributed by atoms with Crippen molar-refractivity contribution in [3.63, 3.8) is 0 Å². The summed E-state index contributed by atoms with van der Waals surface area (Å²) >= 11 is 0. The molecule has 1 fully saturated rings. The van der Waals surface area contributed by atoms with Crippen LogP contribution in [-0.4, -0.2) is 39.9 Å². The van der Waals surface area contributed by atoms with Gasteiger partial charge in [0.05, 0.1) is 35.4 Å². The molecule has 0 aliphatic carbocycles. The van der Waals surface area contributed by atoms with Crippen molar-refractivity contribution in [3.05, 3.63) is 70.3 Å². The second kappa shape index (κ2) is 7.50. The molecule has 140 valence electrons. The maximum absolute atomic E-state index is 12.9. The van der Waals surface area contributed by atoms with Crippen molar-refractivity contribution in [1.29, 1.82) is 5.26 Å². The minimum atomic E-state index is -0.332. The van der Waals surface area contributed by atoms with Crippen LogP contribution in [0.5, 0.6) is 0 Å². The van der Waals surface area contributed by atoms with Gasteiger partial charge in [0.2, 0.25) is 0 Å². The molecule has 2 N–H and O–H groups in total. The van der Waals surface area contributed by atoms with E-state index in [1.165, 1.54) is 10.9 Å². The number of hydrogen-bond acceptors (Lipinski definition) is 5. The van der Waals surface area contributed by atoms with Crippen LogP contribution in [0.25, 0.3) is 16.9 Å². The number of nitriles is 1. The first-order valence-corrected chi connectivity index (χ1v) is 8.82. The van der Waals surface area contributed by atoms with Crippen LogP contribution in [0.1, 0.15) is 22.3 Å². The number of nitrogens with zero attached hydrogens (tertiary/aromatic N) is 3. The van der Waals surface area contributed by atoms with Gasteiger partial charge in [0.25, 0.3) is 11.5 Å². The maximum Gasteiger partial charge on any atom is 0.280 e. The summed E-state index contributed by atoms with van der Waals surface area (Å²) in [6, 6.07) is 12.0. The fraction of sp³-hybridized carbons (Fsp3) is 0.200. The summed E-state index contributed by atoms with van der Waals surface area (Å²) in [5.41, 5.74) is 1.57. The molecule has 3 aromatic rings. The number of carbonyl (C=O) groups is 1. The SMILES string of the molecule is N#Cc1ccc(-c2c[nH]n(-c3ncccc3C(=O)N[C@H]3CCOC3)c2=O)cc1. The minimum Gasteiger partial charge on any atom is -0.379 e. The van der Waals surface area contributed by atoms with Crippen molar-refractivity contribution < 1.29 is 9.53 Å². The fourth-order valence-corrected chi connectivity index (χ4v) is 3.12. The van der Waals surface area contributed by atoms with Crippen LogP contribution in [0.2, 0.25) is 0 Å². The zero-order chi connectivity index (χ0) is 19.5. The van der Waals surface area contributed by atoms with E-state index in [0.717, 1.165) is 6.42 Å². The number of H-pyrrole nitrogens is 1. The molecule has 0 unspecified atom stereocenters. The number of rotatable bonds is 4. The number of aromatic nitrogens is 3. The Bertz CT molecular complexity index is 1100. The number of carbonyl (C=O) groups excluding carboxylic acids is 1. The fourth-order valence-electron chi connectivity index (χ4n) is 3.12. The number of aromatic amines is 1. The Labute approximate surface area is 160 Å². The van der Waals surface area contributed by atoms with Gasteiger partial charge in [0, 0.05) is 19.0 Å². The molecule has 0 radical (unpaired) electrons. The van der Waals surface area contributed by atoms with Crippen molar-refractivity contribution >= 4 is 5.91 Å². The summed E-state index contributed by atoms with van der Waals surface area (Å²) in [4.78, 5) is 29.8. The molecule has 3 heterocycles. The monoisotopic (exact) mass is 375 g/mol. The van der Waals surface area contributed by atoms with E-state index in [1.54, 1.807) is 42.6 Å². The van der Waals surface area contributed by atoms with E-state index in [0.29, 0.717) is 35.5 Å². The third-order valence-electron chi connectivity index (χ3n) is 4.60. The first kappa shape index (κ1) is 17.7. The van der Waals surface area contributed by atoms with Gasteiger partial charge in [-0.05, 0) is 36.2 Å². The van der Waals surface area contributed by atoms with Gasteiger partial charge in [0.1, 0.15) is 0 Å². The molecule has 0 saturated carbocycles. The number of amides is 1. The van der Waals surface area contributed by atoms with Crippen molar-refractivity contribution in [1.82, 2.24) is 20.1 Å². The van der Waals surface area contributed by atoms with Crippen LogP contribution in [0.15, 0.2) is 53.6 Å². The van der Waals surface area contributed by atoms with Crippen LogP contribution in [-0.2, 0) is 4.74 Å².